The molecule has 3 nitrogen and oxygen atoms in total. The second-order valence-corrected chi connectivity index (χ2v) is 4.50. The number of benzene rings is 1. The molecule has 1 aliphatic rings. The highest BCUT2D eigenvalue weighted by Gasteiger charge is 2.44. The lowest BCUT2D eigenvalue weighted by atomic mass is 9.91. The Hall–Kier alpha value is -1.64. The quantitative estimate of drug-likeness (QED) is 0.609. The second-order valence-electron chi connectivity index (χ2n) is 4.50. The summed E-state index contributed by atoms with van der Waals surface area (Å²) >= 11 is 0. The molecule has 84 valence electrons. The Labute approximate surface area is 95.8 Å². The Morgan fingerprint density at radius 2 is 2.12 bits per heavy atom. The maximum absolute atomic E-state index is 10.9. The van der Waals surface area contributed by atoms with E-state index in [0.717, 1.165) is 25.1 Å². The Morgan fingerprint density at radius 3 is 2.69 bits per heavy atom. The molecule has 0 fully saturated rings. The molecule has 1 unspecified atom stereocenters. The average molecular weight is 217 g/mol. The number of likely N-dealkylation sites (N-methyl/N-ethyl adjacent to an activating group) is 1. The van der Waals surface area contributed by atoms with Gasteiger partial charge < -0.3 is 0 Å². The topological polar surface area (TPSA) is 32.1 Å². The van der Waals surface area contributed by atoms with Crippen molar-refractivity contribution in [1.82, 2.24) is 5.32 Å². The van der Waals surface area contributed by atoms with Gasteiger partial charge in [-0.15, -0.1) is 0 Å². The number of hydrogen-bond acceptors (Lipinski definition) is 2. The Morgan fingerprint density at radius 1 is 1.44 bits per heavy atom. The van der Waals surface area contributed by atoms with Crippen molar-refractivity contribution in [3.8, 4) is 0 Å². The number of rotatable bonds is 3. The van der Waals surface area contributed by atoms with Crippen molar-refractivity contribution in [3.05, 3.63) is 35.9 Å². The molecule has 0 aromatic heterocycles. The molecule has 1 heterocycles. The standard InChI is InChI=1S/C13H16N2O/c1-13(10-16)8-12(15(13)2)14-9-11-6-4-3-5-7-11/h3-7,10H,8-9H2,1-2H3/p+1. The third kappa shape index (κ3) is 1.85. The predicted molar refractivity (Wildman–Crippen MR) is 63.6 cm³/mol. The fourth-order valence-electron chi connectivity index (χ4n) is 1.89. The van der Waals surface area contributed by atoms with Gasteiger partial charge in [-0.1, -0.05) is 30.3 Å². The summed E-state index contributed by atoms with van der Waals surface area (Å²) in [6.45, 7) is 2.77. The number of nitrogens with zero attached hydrogens (tertiary/aromatic N) is 1. The van der Waals surface area contributed by atoms with Crippen LogP contribution in [0.5, 0.6) is 0 Å². The average Bonchev–Trinajstić information content (AvgIpc) is 2.34. The van der Waals surface area contributed by atoms with E-state index >= 15 is 0 Å². The van der Waals surface area contributed by atoms with Crippen molar-refractivity contribution in [2.45, 2.75) is 25.4 Å². The maximum Gasteiger partial charge on any atom is 0.250 e. The number of amidine groups is 1. The minimum absolute atomic E-state index is 0.307. The molecule has 1 aliphatic heterocycles. The minimum Gasteiger partial charge on any atom is -0.298 e. The highest BCUT2D eigenvalue weighted by Crippen LogP contribution is 2.20. The van der Waals surface area contributed by atoms with Crippen LogP contribution in [0.4, 0.5) is 0 Å². The normalized spacial score (nSPS) is 23.9. The minimum atomic E-state index is -0.307. The highest BCUT2D eigenvalue weighted by atomic mass is 16.1. The third-order valence-corrected chi connectivity index (χ3v) is 3.29. The summed E-state index contributed by atoms with van der Waals surface area (Å²) in [6.07, 6.45) is 1.82. The van der Waals surface area contributed by atoms with Crippen LogP contribution in [-0.2, 0) is 11.3 Å². The summed E-state index contributed by atoms with van der Waals surface area (Å²) in [4.78, 5) is 10.9. The van der Waals surface area contributed by atoms with Crippen LogP contribution in [0.3, 0.4) is 0 Å². The van der Waals surface area contributed by atoms with Crippen LogP contribution in [0.1, 0.15) is 18.9 Å². The zero-order chi connectivity index (χ0) is 11.6. The summed E-state index contributed by atoms with van der Waals surface area (Å²) in [5, 5.41) is 3.36. The van der Waals surface area contributed by atoms with Crippen molar-refractivity contribution >= 4 is 12.1 Å². The van der Waals surface area contributed by atoms with Crippen molar-refractivity contribution in [2.24, 2.45) is 0 Å². The summed E-state index contributed by atoms with van der Waals surface area (Å²) in [5.41, 5.74) is 0.946. The lowest BCUT2D eigenvalue weighted by Gasteiger charge is -2.32. The molecular weight excluding hydrogens is 200 g/mol. The molecular formula is C13H17N2O+. The van der Waals surface area contributed by atoms with Crippen molar-refractivity contribution in [2.75, 3.05) is 7.05 Å². The number of aldehydes is 1. The third-order valence-electron chi connectivity index (χ3n) is 3.29. The number of nitrogens with one attached hydrogen (secondary N) is 1. The summed E-state index contributed by atoms with van der Waals surface area (Å²) in [7, 11) is 1.95. The van der Waals surface area contributed by atoms with Gasteiger partial charge in [0.1, 0.15) is 6.54 Å². The zero-order valence-electron chi connectivity index (χ0n) is 9.73. The fourth-order valence-corrected chi connectivity index (χ4v) is 1.89. The molecule has 0 radical (unpaired) electrons. The zero-order valence-corrected chi connectivity index (χ0v) is 9.73. The molecule has 16 heavy (non-hydrogen) atoms. The molecule has 0 saturated carbocycles. The van der Waals surface area contributed by atoms with Crippen LogP contribution in [0, 0.1) is 0 Å². The van der Waals surface area contributed by atoms with Gasteiger partial charge in [0.2, 0.25) is 0 Å². The molecule has 1 N–H and O–H groups in total. The molecule has 0 saturated heterocycles. The van der Waals surface area contributed by atoms with Gasteiger partial charge >= 0.3 is 0 Å². The highest BCUT2D eigenvalue weighted by molar-refractivity contribution is 5.87. The van der Waals surface area contributed by atoms with Gasteiger partial charge in [0, 0.05) is 0 Å². The van der Waals surface area contributed by atoms with Gasteiger partial charge in [-0.3, -0.25) is 14.7 Å². The molecule has 2 rings (SSSR count). The smallest absolute Gasteiger partial charge is 0.250 e. The lowest BCUT2D eigenvalue weighted by Crippen LogP contribution is -2.58. The fraction of sp³-hybridized carbons (Fsp3) is 0.385. The van der Waals surface area contributed by atoms with Crippen LogP contribution >= 0.6 is 0 Å². The van der Waals surface area contributed by atoms with Gasteiger partial charge in [0.25, 0.3) is 5.84 Å². The van der Waals surface area contributed by atoms with E-state index in [1.165, 1.54) is 5.56 Å². The first kappa shape index (κ1) is 10.9. The largest absolute Gasteiger partial charge is 0.298 e. The molecule has 0 amide bonds. The van der Waals surface area contributed by atoms with Crippen LogP contribution in [0.2, 0.25) is 0 Å². The monoisotopic (exact) mass is 217 g/mol. The first-order chi connectivity index (χ1) is 7.65. The Balaban J connectivity index is 1.97. The number of carbonyl (C=O) groups excluding carboxylic acids is 1. The molecule has 0 aliphatic carbocycles. The van der Waals surface area contributed by atoms with Crippen LogP contribution < -0.4 is 5.32 Å². The molecule has 1 atom stereocenters. The van der Waals surface area contributed by atoms with Crippen LogP contribution in [-0.4, -0.2) is 29.3 Å². The van der Waals surface area contributed by atoms with Gasteiger partial charge in [-0.2, -0.15) is 0 Å². The number of hydrogen-bond donors (Lipinski definition) is 1. The van der Waals surface area contributed by atoms with E-state index in [-0.39, 0.29) is 5.54 Å². The molecule has 1 aromatic rings. The van der Waals surface area contributed by atoms with E-state index < -0.39 is 0 Å². The van der Waals surface area contributed by atoms with Gasteiger partial charge in [0.05, 0.1) is 13.5 Å². The lowest BCUT2D eigenvalue weighted by molar-refractivity contribution is -0.590. The molecule has 0 bridgehead atoms. The van der Waals surface area contributed by atoms with E-state index in [0.29, 0.717) is 0 Å². The number of carbonyl (C=O) groups is 1. The van der Waals surface area contributed by atoms with Crippen LogP contribution in [0.25, 0.3) is 0 Å². The molecule has 3 heteroatoms. The molecule has 1 aromatic carbocycles. The maximum atomic E-state index is 10.9. The van der Waals surface area contributed by atoms with E-state index in [4.69, 9.17) is 0 Å². The second kappa shape index (κ2) is 4.08. The van der Waals surface area contributed by atoms with Gasteiger partial charge in [-0.05, 0) is 12.5 Å². The Bertz CT molecular complexity index is 425. The predicted octanol–water partition coefficient (Wildman–Crippen LogP) is 1.18. The van der Waals surface area contributed by atoms with E-state index in [9.17, 15) is 4.79 Å². The Kier molecular flexibility index (Phi) is 2.77. The summed E-state index contributed by atoms with van der Waals surface area (Å²) in [5.74, 6) is 1.14. The summed E-state index contributed by atoms with van der Waals surface area (Å²) < 4.78 is 2.00. The van der Waals surface area contributed by atoms with Gasteiger partial charge in [0.15, 0.2) is 11.8 Å². The van der Waals surface area contributed by atoms with Crippen LogP contribution in [0.15, 0.2) is 30.3 Å². The van der Waals surface area contributed by atoms with Gasteiger partial charge in [-0.25, -0.2) is 0 Å². The summed E-state index contributed by atoms with van der Waals surface area (Å²) in [6, 6.07) is 10.2. The first-order valence-corrected chi connectivity index (χ1v) is 5.49. The first-order valence-electron chi connectivity index (χ1n) is 5.49. The molecule has 0 spiro atoms. The van der Waals surface area contributed by atoms with Crippen molar-refractivity contribution < 1.29 is 9.37 Å². The van der Waals surface area contributed by atoms with E-state index in [1.54, 1.807) is 0 Å². The van der Waals surface area contributed by atoms with E-state index in [1.807, 2.05) is 36.7 Å². The van der Waals surface area contributed by atoms with Crippen molar-refractivity contribution in [1.29, 1.82) is 0 Å². The SMILES string of the molecule is C[N+]1=C(NCc2ccccc2)CC1(C)C=O. The van der Waals surface area contributed by atoms with E-state index in [2.05, 4.69) is 17.4 Å². The van der Waals surface area contributed by atoms with Crippen molar-refractivity contribution in [3.63, 3.8) is 0 Å².